The van der Waals surface area contributed by atoms with Crippen LogP contribution in [0.1, 0.15) is 13.8 Å². The van der Waals surface area contributed by atoms with Gasteiger partial charge in [-0.15, -0.1) is 0 Å². The number of rotatable bonds is 10. The van der Waals surface area contributed by atoms with Crippen LogP contribution in [0.5, 0.6) is 0 Å². The Kier molecular flexibility index (Phi) is 9.44. The van der Waals surface area contributed by atoms with Crippen LogP contribution in [-0.2, 0) is 4.74 Å². The Balaban J connectivity index is 2.30. The minimum Gasteiger partial charge on any atom is -0.383 e. The molecule has 0 aromatic heterocycles. The van der Waals surface area contributed by atoms with Gasteiger partial charge in [-0.2, -0.15) is 0 Å². The van der Waals surface area contributed by atoms with Gasteiger partial charge in [0.05, 0.1) is 6.61 Å². The highest BCUT2D eigenvalue weighted by atomic mass is 16.5. The Morgan fingerprint density at radius 1 is 1.10 bits per heavy atom. The predicted octanol–water partition coefficient (Wildman–Crippen LogP) is 0.426. The molecule has 0 aliphatic carbocycles. The highest BCUT2D eigenvalue weighted by Gasteiger charge is 2.23. The average Bonchev–Trinajstić information content (AvgIpc) is 2.44. The average molecular weight is 300 g/mol. The SMILES string of the molecule is COCC(CNCC(C)C)N1CCN(CCN(C)C)CC1. The van der Waals surface area contributed by atoms with Gasteiger partial charge in [-0.1, -0.05) is 13.8 Å². The fraction of sp³-hybridized carbons (Fsp3) is 1.00. The van der Waals surface area contributed by atoms with Gasteiger partial charge < -0.3 is 15.0 Å². The largest absolute Gasteiger partial charge is 0.383 e. The third kappa shape index (κ3) is 8.12. The van der Waals surface area contributed by atoms with Crippen molar-refractivity contribution in [3.63, 3.8) is 0 Å². The first-order valence-corrected chi connectivity index (χ1v) is 8.33. The second-order valence-corrected chi connectivity index (χ2v) is 6.84. The van der Waals surface area contributed by atoms with Crippen molar-refractivity contribution >= 4 is 0 Å². The minimum absolute atomic E-state index is 0.504. The van der Waals surface area contributed by atoms with E-state index in [1.807, 2.05) is 7.11 Å². The van der Waals surface area contributed by atoms with Gasteiger partial charge >= 0.3 is 0 Å². The first-order valence-electron chi connectivity index (χ1n) is 8.33. The fourth-order valence-corrected chi connectivity index (χ4v) is 2.72. The molecule has 1 fully saturated rings. The predicted molar refractivity (Wildman–Crippen MR) is 89.9 cm³/mol. The van der Waals surface area contributed by atoms with Gasteiger partial charge in [0.25, 0.3) is 0 Å². The maximum absolute atomic E-state index is 5.42. The van der Waals surface area contributed by atoms with Crippen LogP contribution in [0.25, 0.3) is 0 Å². The van der Waals surface area contributed by atoms with Crippen LogP contribution in [0.2, 0.25) is 0 Å². The lowest BCUT2D eigenvalue weighted by Crippen LogP contribution is -2.55. The van der Waals surface area contributed by atoms with E-state index in [1.165, 1.54) is 19.6 Å². The Labute approximate surface area is 131 Å². The second kappa shape index (κ2) is 10.5. The van der Waals surface area contributed by atoms with E-state index in [0.29, 0.717) is 12.0 Å². The summed E-state index contributed by atoms with van der Waals surface area (Å²) in [5, 5.41) is 3.58. The smallest absolute Gasteiger partial charge is 0.0630 e. The third-order valence-corrected chi connectivity index (χ3v) is 4.08. The molecule has 5 heteroatoms. The van der Waals surface area contributed by atoms with E-state index < -0.39 is 0 Å². The summed E-state index contributed by atoms with van der Waals surface area (Å²) in [4.78, 5) is 7.42. The van der Waals surface area contributed by atoms with Crippen LogP contribution in [0.3, 0.4) is 0 Å². The zero-order chi connectivity index (χ0) is 15.7. The van der Waals surface area contributed by atoms with Crippen LogP contribution < -0.4 is 5.32 Å². The van der Waals surface area contributed by atoms with Crippen LogP contribution in [0, 0.1) is 5.92 Å². The molecule has 0 amide bonds. The Hall–Kier alpha value is -0.200. The first-order chi connectivity index (χ1) is 10.0. The normalized spacial score (nSPS) is 19.6. The van der Waals surface area contributed by atoms with E-state index in [-0.39, 0.29) is 0 Å². The van der Waals surface area contributed by atoms with E-state index in [2.05, 4.69) is 48.0 Å². The summed E-state index contributed by atoms with van der Waals surface area (Å²) in [6, 6.07) is 0.504. The van der Waals surface area contributed by atoms with Gasteiger partial charge in [0.15, 0.2) is 0 Å². The molecule has 1 aliphatic rings. The molecule has 1 rings (SSSR count). The molecule has 21 heavy (non-hydrogen) atoms. The van der Waals surface area contributed by atoms with E-state index >= 15 is 0 Å². The Bertz CT molecular complexity index is 253. The summed E-state index contributed by atoms with van der Waals surface area (Å²) in [7, 11) is 6.10. The molecular formula is C16H36N4O. The Morgan fingerprint density at radius 3 is 2.29 bits per heavy atom. The molecule has 1 atom stereocenters. The number of hydrogen-bond donors (Lipinski definition) is 1. The number of likely N-dealkylation sites (N-methyl/N-ethyl adjacent to an activating group) is 1. The summed E-state index contributed by atoms with van der Waals surface area (Å²) in [6.45, 7) is 14.4. The van der Waals surface area contributed by atoms with E-state index in [1.54, 1.807) is 0 Å². The molecule has 1 unspecified atom stereocenters. The second-order valence-electron chi connectivity index (χ2n) is 6.84. The lowest BCUT2D eigenvalue weighted by Gasteiger charge is -2.39. The summed E-state index contributed by atoms with van der Waals surface area (Å²) in [5.41, 5.74) is 0. The van der Waals surface area contributed by atoms with E-state index in [4.69, 9.17) is 4.74 Å². The topological polar surface area (TPSA) is 31.0 Å². The highest BCUT2D eigenvalue weighted by molar-refractivity contribution is 4.80. The van der Waals surface area contributed by atoms with Gasteiger partial charge in [0.1, 0.15) is 0 Å². The Morgan fingerprint density at radius 2 is 1.76 bits per heavy atom. The monoisotopic (exact) mass is 300 g/mol. The van der Waals surface area contributed by atoms with E-state index in [0.717, 1.165) is 39.3 Å². The highest BCUT2D eigenvalue weighted by Crippen LogP contribution is 2.07. The van der Waals surface area contributed by atoms with Crippen molar-refractivity contribution in [2.24, 2.45) is 5.92 Å². The van der Waals surface area contributed by atoms with Crippen molar-refractivity contribution < 1.29 is 4.74 Å². The molecule has 0 bridgehead atoms. The van der Waals surface area contributed by atoms with Crippen molar-refractivity contribution in [3.05, 3.63) is 0 Å². The number of ether oxygens (including phenoxy) is 1. The summed E-state index contributed by atoms with van der Waals surface area (Å²) in [5.74, 6) is 0.705. The lowest BCUT2D eigenvalue weighted by molar-refractivity contribution is 0.0477. The number of methoxy groups -OCH3 is 1. The van der Waals surface area contributed by atoms with Crippen molar-refractivity contribution in [2.45, 2.75) is 19.9 Å². The molecule has 1 aliphatic heterocycles. The minimum atomic E-state index is 0.504. The quantitative estimate of drug-likeness (QED) is 0.632. The van der Waals surface area contributed by atoms with Crippen LogP contribution in [-0.4, -0.2) is 101 Å². The molecule has 0 aromatic carbocycles. The molecule has 0 spiro atoms. The molecule has 1 N–H and O–H groups in total. The van der Waals surface area contributed by atoms with Gasteiger partial charge in [-0.05, 0) is 26.6 Å². The van der Waals surface area contributed by atoms with Crippen LogP contribution >= 0.6 is 0 Å². The first kappa shape index (κ1) is 18.8. The molecule has 0 saturated carbocycles. The summed E-state index contributed by atoms with van der Waals surface area (Å²) >= 11 is 0. The molecule has 1 saturated heterocycles. The number of hydrogen-bond acceptors (Lipinski definition) is 5. The van der Waals surface area contributed by atoms with E-state index in [9.17, 15) is 0 Å². The van der Waals surface area contributed by atoms with Crippen molar-refractivity contribution in [1.29, 1.82) is 0 Å². The molecule has 126 valence electrons. The fourth-order valence-electron chi connectivity index (χ4n) is 2.72. The van der Waals surface area contributed by atoms with Gasteiger partial charge in [0, 0.05) is 59.0 Å². The van der Waals surface area contributed by atoms with Gasteiger partial charge in [0.2, 0.25) is 0 Å². The van der Waals surface area contributed by atoms with Crippen LogP contribution in [0.4, 0.5) is 0 Å². The van der Waals surface area contributed by atoms with Crippen LogP contribution in [0.15, 0.2) is 0 Å². The van der Waals surface area contributed by atoms with Crippen molar-refractivity contribution in [3.8, 4) is 0 Å². The number of piperazine rings is 1. The van der Waals surface area contributed by atoms with Crippen molar-refractivity contribution in [1.82, 2.24) is 20.0 Å². The number of nitrogens with zero attached hydrogens (tertiary/aromatic N) is 3. The summed E-state index contributed by atoms with van der Waals surface area (Å²) < 4.78 is 5.42. The molecule has 0 aromatic rings. The lowest BCUT2D eigenvalue weighted by atomic mass is 10.2. The molecule has 5 nitrogen and oxygen atoms in total. The maximum atomic E-state index is 5.42. The van der Waals surface area contributed by atoms with Gasteiger partial charge in [-0.25, -0.2) is 0 Å². The van der Waals surface area contributed by atoms with Crippen molar-refractivity contribution in [2.75, 3.05) is 80.2 Å². The maximum Gasteiger partial charge on any atom is 0.0630 e. The molecule has 0 radical (unpaired) electrons. The zero-order valence-electron chi connectivity index (χ0n) is 14.8. The zero-order valence-corrected chi connectivity index (χ0v) is 14.8. The standard InChI is InChI=1S/C16H36N4O/c1-15(2)12-17-13-16(14-21-5)20-10-8-19(9-11-20)7-6-18(3)4/h15-17H,6-14H2,1-5H3. The third-order valence-electron chi connectivity index (χ3n) is 4.08. The summed E-state index contributed by atoms with van der Waals surface area (Å²) in [6.07, 6.45) is 0. The molecule has 1 heterocycles. The van der Waals surface area contributed by atoms with Gasteiger partial charge in [-0.3, -0.25) is 9.80 Å². The molecular weight excluding hydrogens is 264 g/mol. The number of nitrogens with one attached hydrogen (secondary N) is 1.